The molecule has 56 heavy (non-hydrogen) atoms. The standard InChI is InChI=1S/C34H42O22/c1-49-31-23(42)19-13(38)5-11(51-33-28(47)26(45)22(41)18(56-33)9-50-32-27(46)24(43)20(39)16(7-35)54-32)6-15(19)52-30(31)10-2-3-14(12(37)4-10)53-34-29(48)25(44)21(40)17(8-36)55-34/h2-6,16-18,20-22,24-29,32-41,43-48H,7-9H2,1H3/t16-,17+,18-,20-,21+,22-,24+,25-,26+,27-,28-,29-,32-,33-,34-/m1/s1. The number of hydrogen-bond acceptors (Lipinski definition) is 22. The van der Waals surface area contributed by atoms with Gasteiger partial charge in [-0.05, 0) is 18.2 Å². The van der Waals surface area contributed by atoms with E-state index >= 15 is 0 Å². The molecule has 0 spiro atoms. The third-order valence-corrected chi connectivity index (χ3v) is 9.62. The van der Waals surface area contributed by atoms with Crippen molar-refractivity contribution in [1.29, 1.82) is 0 Å². The fourth-order valence-corrected chi connectivity index (χ4v) is 6.43. The molecule has 0 radical (unpaired) electrons. The van der Waals surface area contributed by atoms with Crippen LogP contribution in [0.5, 0.6) is 28.7 Å². The van der Waals surface area contributed by atoms with E-state index in [0.29, 0.717) is 0 Å². The van der Waals surface area contributed by atoms with Gasteiger partial charge in [-0.1, -0.05) is 0 Å². The monoisotopic (exact) mass is 802 g/mol. The zero-order chi connectivity index (χ0) is 40.7. The molecule has 15 atom stereocenters. The molecule has 1 aromatic heterocycles. The Morgan fingerprint density at radius 3 is 1.73 bits per heavy atom. The summed E-state index contributed by atoms with van der Waals surface area (Å²) >= 11 is 0. The molecule has 13 N–H and O–H groups in total. The fraction of sp³-hybridized carbons (Fsp3) is 0.559. The van der Waals surface area contributed by atoms with Gasteiger partial charge in [-0.15, -0.1) is 0 Å². The molecule has 4 heterocycles. The van der Waals surface area contributed by atoms with E-state index in [1.807, 2.05) is 0 Å². The molecule has 0 aliphatic carbocycles. The molecule has 6 rings (SSSR count). The maximum atomic E-state index is 13.5. The molecule has 3 saturated heterocycles. The van der Waals surface area contributed by atoms with Crippen molar-refractivity contribution in [3.05, 3.63) is 40.6 Å². The Hall–Kier alpha value is -3.95. The SMILES string of the molecule is COc1c(-c2ccc(O[C@@H]3O[C@@H](CO)[C@H](O)[C@@H](O)[C@H]3O)c(O)c2)oc2cc(O[C@@H]3O[C@H](CO[C@@H]4O[C@H](CO)[C@@H](O)[C@H](O)[C@H]4O)[C@@H](O)[C@H](O)[C@H]3O)cc(O)c2c1=O. The van der Waals surface area contributed by atoms with E-state index in [1.165, 1.54) is 12.1 Å². The zero-order valence-corrected chi connectivity index (χ0v) is 29.2. The summed E-state index contributed by atoms with van der Waals surface area (Å²) in [5.41, 5.74) is -1.15. The predicted octanol–water partition coefficient (Wildman–Crippen LogP) is -4.94. The van der Waals surface area contributed by atoms with Gasteiger partial charge in [0.05, 0.1) is 26.9 Å². The maximum Gasteiger partial charge on any atom is 0.239 e. The maximum absolute atomic E-state index is 13.5. The number of phenols is 2. The summed E-state index contributed by atoms with van der Waals surface area (Å²) in [6.45, 7) is -2.10. The molecule has 0 unspecified atom stereocenters. The van der Waals surface area contributed by atoms with Crippen LogP contribution in [-0.2, 0) is 18.9 Å². The van der Waals surface area contributed by atoms with E-state index in [9.17, 15) is 71.2 Å². The van der Waals surface area contributed by atoms with Crippen LogP contribution < -0.4 is 19.6 Å². The number of fused-ring (bicyclic) bond motifs is 1. The van der Waals surface area contributed by atoms with Crippen LogP contribution in [-0.4, -0.2) is 185 Å². The summed E-state index contributed by atoms with van der Waals surface area (Å²) in [6.07, 6.45) is -25.1. The average molecular weight is 803 g/mol. The lowest BCUT2D eigenvalue weighted by Crippen LogP contribution is -2.62. The zero-order valence-electron chi connectivity index (χ0n) is 29.2. The van der Waals surface area contributed by atoms with Crippen LogP contribution in [0, 0.1) is 0 Å². The van der Waals surface area contributed by atoms with Gasteiger partial charge in [0, 0.05) is 17.7 Å². The van der Waals surface area contributed by atoms with Gasteiger partial charge in [0.1, 0.15) is 95.7 Å². The van der Waals surface area contributed by atoms with Gasteiger partial charge < -0.3 is 104 Å². The Labute approximate surface area is 314 Å². The molecule has 0 bridgehead atoms. The van der Waals surface area contributed by atoms with Crippen molar-refractivity contribution in [2.24, 2.45) is 0 Å². The lowest BCUT2D eigenvalue weighted by Gasteiger charge is -2.42. The number of phenolic OH excluding ortho intramolecular Hbond substituents is 2. The van der Waals surface area contributed by atoms with E-state index in [-0.39, 0.29) is 33.8 Å². The number of aliphatic hydroxyl groups is 11. The van der Waals surface area contributed by atoms with Gasteiger partial charge in [0.15, 0.2) is 23.5 Å². The molecular weight excluding hydrogens is 760 g/mol. The van der Waals surface area contributed by atoms with Crippen LogP contribution in [0.4, 0.5) is 0 Å². The van der Waals surface area contributed by atoms with Crippen molar-refractivity contribution >= 4 is 11.0 Å². The fourth-order valence-electron chi connectivity index (χ4n) is 6.43. The van der Waals surface area contributed by atoms with Gasteiger partial charge in [-0.3, -0.25) is 4.79 Å². The molecule has 22 nitrogen and oxygen atoms in total. The van der Waals surface area contributed by atoms with Crippen molar-refractivity contribution in [3.8, 4) is 40.1 Å². The summed E-state index contributed by atoms with van der Waals surface area (Å²) in [5, 5.41) is 133. The van der Waals surface area contributed by atoms with Crippen LogP contribution >= 0.6 is 0 Å². The van der Waals surface area contributed by atoms with Crippen molar-refractivity contribution in [3.63, 3.8) is 0 Å². The van der Waals surface area contributed by atoms with Crippen LogP contribution in [0.15, 0.2) is 39.5 Å². The van der Waals surface area contributed by atoms with Gasteiger partial charge in [-0.25, -0.2) is 0 Å². The number of benzene rings is 2. The molecule has 3 fully saturated rings. The normalized spacial score (nSPS) is 36.3. The number of aliphatic hydroxyl groups excluding tert-OH is 11. The molecule has 2 aromatic carbocycles. The smallest absolute Gasteiger partial charge is 0.239 e. The molecule has 22 heteroatoms. The first-order valence-electron chi connectivity index (χ1n) is 17.1. The van der Waals surface area contributed by atoms with Crippen LogP contribution in [0.25, 0.3) is 22.3 Å². The molecule has 3 aromatic rings. The molecule has 3 aliphatic heterocycles. The second-order valence-electron chi connectivity index (χ2n) is 13.3. The van der Waals surface area contributed by atoms with Crippen molar-refractivity contribution < 1.29 is 104 Å². The summed E-state index contributed by atoms with van der Waals surface area (Å²) in [5.74, 6) is -2.53. The minimum absolute atomic E-state index is 0.0238. The largest absolute Gasteiger partial charge is 0.507 e. The minimum atomic E-state index is -1.91. The minimum Gasteiger partial charge on any atom is -0.507 e. The van der Waals surface area contributed by atoms with Gasteiger partial charge in [0.2, 0.25) is 23.8 Å². The van der Waals surface area contributed by atoms with Crippen LogP contribution in [0.1, 0.15) is 0 Å². The lowest BCUT2D eigenvalue weighted by molar-refractivity contribution is -0.323. The second-order valence-corrected chi connectivity index (χ2v) is 13.3. The highest BCUT2D eigenvalue weighted by molar-refractivity contribution is 5.88. The Bertz CT molecular complexity index is 1880. The summed E-state index contributed by atoms with van der Waals surface area (Å²) in [6, 6.07) is 5.64. The number of ether oxygens (including phenoxy) is 7. The van der Waals surface area contributed by atoms with Crippen molar-refractivity contribution in [1.82, 2.24) is 0 Å². The van der Waals surface area contributed by atoms with Gasteiger partial charge >= 0.3 is 0 Å². The number of rotatable bonds is 11. The molecule has 0 saturated carbocycles. The van der Waals surface area contributed by atoms with Crippen molar-refractivity contribution in [2.45, 2.75) is 92.1 Å². The summed E-state index contributed by atoms with van der Waals surface area (Å²) in [4.78, 5) is 13.5. The highest BCUT2D eigenvalue weighted by Gasteiger charge is 2.48. The van der Waals surface area contributed by atoms with E-state index in [0.717, 1.165) is 25.3 Å². The Kier molecular flexibility index (Phi) is 12.6. The predicted molar refractivity (Wildman–Crippen MR) is 179 cm³/mol. The second kappa shape index (κ2) is 16.9. The number of aromatic hydroxyl groups is 2. The third kappa shape index (κ3) is 7.83. The number of hydrogen-bond donors (Lipinski definition) is 13. The Morgan fingerprint density at radius 2 is 1.16 bits per heavy atom. The number of methoxy groups -OCH3 is 1. The first-order valence-corrected chi connectivity index (χ1v) is 17.1. The third-order valence-electron chi connectivity index (χ3n) is 9.62. The van der Waals surface area contributed by atoms with Crippen molar-refractivity contribution in [2.75, 3.05) is 26.9 Å². The topological polar surface area (TPSA) is 358 Å². The van der Waals surface area contributed by atoms with Crippen LogP contribution in [0.3, 0.4) is 0 Å². The van der Waals surface area contributed by atoms with Gasteiger partial charge in [0.25, 0.3) is 0 Å². The Balaban J connectivity index is 1.23. The first kappa shape index (κ1) is 41.7. The molecular formula is C34H42O22. The Morgan fingerprint density at radius 1 is 0.625 bits per heavy atom. The quantitative estimate of drug-likeness (QED) is 0.0863. The van der Waals surface area contributed by atoms with E-state index in [2.05, 4.69) is 0 Å². The van der Waals surface area contributed by atoms with E-state index in [4.69, 9.17) is 37.6 Å². The highest BCUT2D eigenvalue weighted by atomic mass is 16.7. The molecule has 310 valence electrons. The van der Waals surface area contributed by atoms with E-state index < -0.39 is 135 Å². The first-order chi connectivity index (χ1) is 26.6. The average Bonchev–Trinajstić information content (AvgIpc) is 3.17. The highest BCUT2D eigenvalue weighted by Crippen LogP contribution is 2.40. The lowest BCUT2D eigenvalue weighted by atomic mass is 9.98. The summed E-state index contributed by atoms with van der Waals surface area (Å²) < 4.78 is 44.0. The summed E-state index contributed by atoms with van der Waals surface area (Å²) in [7, 11) is 1.14. The molecule has 3 aliphatic rings. The van der Waals surface area contributed by atoms with Gasteiger partial charge in [-0.2, -0.15) is 0 Å². The van der Waals surface area contributed by atoms with E-state index in [1.54, 1.807) is 0 Å². The molecule has 0 amide bonds. The van der Waals surface area contributed by atoms with Crippen LogP contribution in [0.2, 0.25) is 0 Å².